The highest BCUT2D eigenvalue weighted by atomic mass is 35.5. The summed E-state index contributed by atoms with van der Waals surface area (Å²) in [5.74, 6) is 1.26. The SMILES string of the molecule is C=CC(=O)N1CCN(c2nc(O[C@@H]3CN(C)CC3OC)nc3c(Oc4c(Cl)ccc5[nH]ncc45)nccc23)CC1. The minimum absolute atomic E-state index is 0.0858. The zero-order chi connectivity index (χ0) is 27.8. The number of likely N-dealkylation sites (N-methyl/N-ethyl adjacent to an activating group) is 1. The van der Waals surface area contributed by atoms with Crippen molar-refractivity contribution in [2.45, 2.75) is 12.2 Å². The van der Waals surface area contributed by atoms with Crippen molar-refractivity contribution in [1.29, 1.82) is 0 Å². The Labute approximate surface area is 235 Å². The summed E-state index contributed by atoms with van der Waals surface area (Å²) in [4.78, 5) is 32.3. The van der Waals surface area contributed by atoms with Crippen LogP contribution in [0.2, 0.25) is 5.02 Å². The molecule has 1 unspecified atom stereocenters. The van der Waals surface area contributed by atoms with Crippen LogP contribution in [0.25, 0.3) is 21.8 Å². The lowest BCUT2D eigenvalue weighted by atomic mass is 10.2. The van der Waals surface area contributed by atoms with Gasteiger partial charge in [0.25, 0.3) is 0 Å². The Morgan fingerprint density at radius 2 is 1.93 bits per heavy atom. The molecule has 0 radical (unpaired) electrons. The van der Waals surface area contributed by atoms with E-state index < -0.39 is 0 Å². The fraction of sp³-hybridized carbons (Fsp3) is 0.370. The van der Waals surface area contributed by atoms with Crippen LogP contribution in [0.15, 0.2) is 43.2 Å². The first-order valence-electron chi connectivity index (χ1n) is 13.0. The molecule has 2 aliphatic heterocycles. The second-order valence-electron chi connectivity index (χ2n) is 9.82. The molecule has 1 amide bonds. The average Bonchev–Trinajstić information content (AvgIpc) is 3.60. The Morgan fingerprint density at radius 3 is 2.70 bits per heavy atom. The van der Waals surface area contributed by atoms with Crippen LogP contribution in [0.1, 0.15) is 0 Å². The summed E-state index contributed by atoms with van der Waals surface area (Å²) in [6.07, 6.45) is 4.27. The van der Waals surface area contributed by atoms with Gasteiger partial charge in [-0.05, 0) is 31.3 Å². The molecule has 6 rings (SSSR count). The van der Waals surface area contributed by atoms with E-state index in [0.29, 0.717) is 54.8 Å². The summed E-state index contributed by atoms with van der Waals surface area (Å²) in [6.45, 7) is 7.26. The van der Waals surface area contributed by atoms with Crippen LogP contribution >= 0.6 is 11.6 Å². The fourth-order valence-corrected chi connectivity index (χ4v) is 5.40. The number of aromatic amines is 1. The lowest BCUT2D eigenvalue weighted by Gasteiger charge is -2.35. The minimum Gasteiger partial charge on any atom is -0.456 e. The molecule has 0 spiro atoms. The number of H-pyrrole nitrogens is 1. The van der Waals surface area contributed by atoms with Crippen LogP contribution in [0.4, 0.5) is 5.82 Å². The molecule has 13 heteroatoms. The number of hydrogen-bond donors (Lipinski definition) is 1. The normalized spacial score (nSPS) is 19.9. The number of piperazine rings is 1. The molecule has 2 saturated heterocycles. The first-order chi connectivity index (χ1) is 19.4. The topological polar surface area (TPSA) is 122 Å². The summed E-state index contributed by atoms with van der Waals surface area (Å²) < 4.78 is 18.3. The fourth-order valence-electron chi connectivity index (χ4n) is 5.20. The number of benzene rings is 1. The molecule has 0 bridgehead atoms. The van der Waals surface area contributed by atoms with Gasteiger partial charge in [-0.1, -0.05) is 18.2 Å². The van der Waals surface area contributed by atoms with E-state index in [2.05, 4.69) is 31.6 Å². The van der Waals surface area contributed by atoms with Crippen molar-refractivity contribution in [1.82, 2.24) is 34.9 Å². The molecular formula is C27H29ClN8O4. The van der Waals surface area contributed by atoms with E-state index in [-0.39, 0.29) is 30.0 Å². The number of nitrogens with one attached hydrogen (secondary N) is 1. The second-order valence-corrected chi connectivity index (χ2v) is 10.2. The molecule has 0 aliphatic carbocycles. The number of halogens is 1. The van der Waals surface area contributed by atoms with Gasteiger partial charge in [-0.2, -0.15) is 15.1 Å². The Morgan fingerprint density at radius 1 is 1.12 bits per heavy atom. The van der Waals surface area contributed by atoms with E-state index in [1.165, 1.54) is 6.08 Å². The molecule has 0 saturated carbocycles. The number of fused-ring (bicyclic) bond motifs is 2. The number of nitrogens with zero attached hydrogens (tertiary/aromatic N) is 7. The Balaban J connectivity index is 1.42. The number of hydrogen-bond acceptors (Lipinski definition) is 10. The number of anilines is 1. The van der Waals surface area contributed by atoms with Crippen LogP contribution in [-0.2, 0) is 9.53 Å². The molecule has 5 heterocycles. The maximum absolute atomic E-state index is 12.2. The number of ether oxygens (including phenoxy) is 3. The van der Waals surface area contributed by atoms with Gasteiger partial charge in [0, 0.05) is 52.6 Å². The van der Waals surface area contributed by atoms with Gasteiger partial charge in [-0.25, -0.2) is 4.98 Å². The molecule has 2 fully saturated rings. The van der Waals surface area contributed by atoms with Crippen molar-refractivity contribution in [2.75, 3.05) is 58.3 Å². The second kappa shape index (κ2) is 10.9. The van der Waals surface area contributed by atoms with E-state index in [1.807, 2.05) is 19.2 Å². The number of rotatable bonds is 7. The first kappa shape index (κ1) is 26.2. The molecule has 1 aromatic carbocycles. The van der Waals surface area contributed by atoms with Gasteiger partial charge in [0.15, 0.2) is 5.75 Å². The number of methoxy groups -OCH3 is 1. The molecule has 3 aromatic heterocycles. The van der Waals surface area contributed by atoms with Crippen molar-refractivity contribution >= 4 is 45.1 Å². The molecule has 2 aliphatic rings. The smallest absolute Gasteiger partial charge is 0.319 e. The standard InChI is InChI=1S/C27H29ClN8O4/c1-4-22(37)35-9-11-36(12-10-35)25-16-7-8-29-26(40-24-17-13-30-33-19(17)6-5-18(24)28)23(16)31-27(32-25)39-21-15-34(2)14-20(21)38-3/h4-8,13,20-21H,1,9-12,14-15H2,2-3H3,(H,30,33)/t20?,21-/m1/s1. The Bertz CT molecular complexity index is 1570. The van der Waals surface area contributed by atoms with Crippen LogP contribution in [-0.4, -0.2) is 106 Å². The van der Waals surface area contributed by atoms with Crippen molar-refractivity contribution in [3.8, 4) is 17.6 Å². The van der Waals surface area contributed by atoms with Crippen LogP contribution in [0.5, 0.6) is 17.6 Å². The molecule has 40 heavy (non-hydrogen) atoms. The van der Waals surface area contributed by atoms with Crippen LogP contribution < -0.4 is 14.4 Å². The summed E-state index contributed by atoms with van der Waals surface area (Å²) >= 11 is 6.54. The predicted octanol–water partition coefficient (Wildman–Crippen LogP) is 2.89. The van der Waals surface area contributed by atoms with E-state index in [0.717, 1.165) is 22.8 Å². The number of likely N-dealkylation sites (tertiary alicyclic amines) is 1. The highest BCUT2D eigenvalue weighted by Gasteiger charge is 2.34. The molecule has 208 valence electrons. The molecule has 1 N–H and O–H groups in total. The number of amides is 1. The highest BCUT2D eigenvalue weighted by Crippen LogP contribution is 2.39. The van der Waals surface area contributed by atoms with Gasteiger partial charge in [0.05, 0.1) is 27.5 Å². The third kappa shape index (κ3) is 4.89. The minimum atomic E-state index is -0.252. The quantitative estimate of drug-likeness (QED) is 0.335. The van der Waals surface area contributed by atoms with E-state index >= 15 is 0 Å². The van der Waals surface area contributed by atoms with E-state index in [1.54, 1.807) is 30.5 Å². The number of pyridine rings is 1. The highest BCUT2D eigenvalue weighted by molar-refractivity contribution is 6.33. The predicted molar refractivity (Wildman–Crippen MR) is 150 cm³/mol. The lowest BCUT2D eigenvalue weighted by molar-refractivity contribution is -0.126. The van der Waals surface area contributed by atoms with Crippen molar-refractivity contribution in [3.05, 3.63) is 48.3 Å². The van der Waals surface area contributed by atoms with Gasteiger partial charge in [0.1, 0.15) is 23.5 Å². The van der Waals surface area contributed by atoms with E-state index in [9.17, 15) is 4.79 Å². The molecule has 12 nitrogen and oxygen atoms in total. The van der Waals surface area contributed by atoms with Crippen molar-refractivity contribution < 1.29 is 19.0 Å². The van der Waals surface area contributed by atoms with Gasteiger partial charge in [0.2, 0.25) is 11.8 Å². The van der Waals surface area contributed by atoms with Gasteiger partial charge >= 0.3 is 6.01 Å². The molecular weight excluding hydrogens is 536 g/mol. The van der Waals surface area contributed by atoms with Gasteiger partial charge in [-0.15, -0.1) is 0 Å². The Kier molecular flexibility index (Phi) is 7.13. The van der Waals surface area contributed by atoms with E-state index in [4.69, 9.17) is 35.8 Å². The monoisotopic (exact) mass is 564 g/mol. The number of carbonyl (C=O) groups is 1. The summed E-state index contributed by atoms with van der Waals surface area (Å²) in [7, 11) is 3.69. The third-order valence-corrected chi connectivity index (χ3v) is 7.59. The van der Waals surface area contributed by atoms with Gasteiger partial charge in [-0.3, -0.25) is 14.8 Å². The molecule has 4 aromatic rings. The van der Waals surface area contributed by atoms with Crippen molar-refractivity contribution in [3.63, 3.8) is 0 Å². The first-order valence-corrected chi connectivity index (χ1v) is 13.3. The zero-order valence-electron chi connectivity index (χ0n) is 22.2. The molecule has 2 atom stereocenters. The number of carbonyl (C=O) groups excluding carboxylic acids is 1. The lowest BCUT2D eigenvalue weighted by Crippen LogP contribution is -2.48. The van der Waals surface area contributed by atoms with Crippen molar-refractivity contribution in [2.24, 2.45) is 0 Å². The van der Waals surface area contributed by atoms with Gasteiger partial charge < -0.3 is 24.0 Å². The summed E-state index contributed by atoms with van der Waals surface area (Å²) in [6, 6.07) is 5.62. The van der Waals surface area contributed by atoms with Crippen LogP contribution in [0.3, 0.4) is 0 Å². The largest absolute Gasteiger partial charge is 0.456 e. The maximum atomic E-state index is 12.2. The third-order valence-electron chi connectivity index (χ3n) is 7.29. The maximum Gasteiger partial charge on any atom is 0.319 e. The Hall–Kier alpha value is -4.00. The van der Waals surface area contributed by atoms with Crippen LogP contribution in [0, 0.1) is 0 Å². The summed E-state index contributed by atoms with van der Waals surface area (Å²) in [5, 5.41) is 8.92. The summed E-state index contributed by atoms with van der Waals surface area (Å²) in [5.41, 5.74) is 1.26. The average molecular weight is 565 g/mol. The zero-order valence-corrected chi connectivity index (χ0v) is 23.0. The number of aromatic nitrogens is 5.